The molecule has 0 radical (unpaired) electrons. The van der Waals surface area contributed by atoms with Crippen LogP contribution >= 0.6 is 0 Å². The summed E-state index contributed by atoms with van der Waals surface area (Å²) >= 11 is 0. The Hall–Kier alpha value is -0.770. The van der Waals surface area contributed by atoms with Crippen molar-refractivity contribution in [3.63, 3.8) is 0 Å². The maximum absolute atomic E-state index is 10.5. The van der Waals surface area contributed by atoms with Crippen LogP contribution in [0.15, 0.2) is 0 Å². The van der Waals surface area contributed by atoms with Gasteiger partial charge in [-0.3, -0.25) is 0 Å². The molecule has 0 atom stereocenters. The van der Waals surface area contributed by atoms with Crippen molar-refractivity contribution in [3.05, 3.63) is 0 Å². The summed E-state index contributed by atoms with van der Waals surface area (Å²) in [5.41, 5.74) is 0. The van der Waals surface area contributed by atoms with E-state index in [0.717, 1.165) is 0 Å². The van der Waals surface area contributed by atoms with Gasteiger partial charge in [0.2, 0.25) is 0 Å². The lowest BCUT2D eigenvalue weighted by Crippen LogP contribution is -2.05. The first-order chi connectivity index (χ1) is 6.10. The third-order valence-corrected chi connectivity index (χ3v) is 0.319. The van der Waals surface area contributed by atoms with Crippen LogP contribution in [0.2, 0.25) is 0 Å². The topological polar surface area (TPSA) is 44.8 Å². The minimum Gasteiger partial charge on any atom is -0.438 e. The van der Waals surface area contributed by atoms with Crippen LogP contribution in [0.1, 0.15) is 8.22 Å². The molecule has 0 saturated carbocycles. The highest BCUT2D eigenvalue weighted by atomic mass is 16.8. The van der Waals surface area contributed by atoms with Crippen molar-refractivity contribution < 1.29 is 27.2 Å². The van der Waals surface area contributed by atoms with Crippen LogP contribution in [-0.4, -0.2) is 27.0 Å². The van der Waals surface area contributed by atoms with Crippen molar-refractivity contribution in [2.24, 2.45) is 0 Å². The Morgan fingerprint density at radius 3 is 3.25 bits per heavy atom. The maximum atomic E-state index is 10.5. The summed E-state index contributed by atoms with van der Waals surface area (Å²) in [6.07, 6.45) is -1.52. The van der Waals surface area contributed by atoms with Crippen LogP contribution in [0.3, 0.4) is 0 Å². The van der Waals surface area contributed by atoms with Gasteiger partial charge >= 0.3 is 6.16 Å². The summed E-state index contributed by atoms with van der Waals surface area (Å²) in [4.78, 5) is 10.5. The second-order valence-corrected chi connectivity index (χ2v) is 0.759. The van der Waals surface area contributed by atoms with Gasteiger partial charge in [-0.05, 0) is 0 Å². The van der Waals surface area contributed by atoms with Crippen LogP contribution in [-0.2, 0) is 14.2 Å². The number of methoxy groups -OCH3 is 2. The van der Waals surface area contributed by atoms with E-state index in [-0.39, 0.29) is 0 Å². The highest BCUT2D eigenvalue weighted by Crippen LogP contribution is 1.79. The first-order valence-corrected chi connectivity index (χ1v) is 1.60. The Morgan fingerprint density at radius 2 is 2.62 bits per heavy atom. The Labute approximate surface area is 55.8 Å². The van der Waals surface area contributed by atoms with E-state index in [9.17, 15) is 4.79 Å². The van der Waals surface area contributed by atoms with E-state index in [1.54, 1.807) is 0 Å². The molecule has 0 aliphatic rings. The highest BCUT2D eigenvalue weighted by Gasteiger charge is 1.95. The third-order valence-electron chi connectivity index (χ3n) is 0.319. The highest BCUT2D eigenvalue weighted by molar-refractivity contribution is 5.59. The summed E-state index contributed by atoms with van der Waals surface area (Å²) in [5.74, 6) is 0. The largest absolute Gasteiger partial charge is 0.510 e. The van der Waals surface area contributed by atoms with Gasteiger partial charge in [0.25, 0.3) is 0 Å². The van der Waals surface area contributed by atoms with E-state index in [0.29, 0.717) is 0 Å². The molecule has 4 heteroatoms. The molecule has 48 valence electrons. The van der Waals surface area contributed by atoms with E-state index in [1.807, 2.05) is 0 Å². The van der Waals surface area contributed by atoms with Gasteiger partial charge in [-0.15, -0.1) is 0 Å². The SMILES string of the molecule is [2H]C([2H])([2H])OCOC(=O)OC([2H])([2H])[2H]. The fourth-order valence-electron chi connectivity index (χ4n) is 0.107. The van der Waals surface area contributed by atoms with Crippen LogP contribution in [0.25, 0.3) is 0 Å². The number of rotatable bonds is 2. The van der Waals surface area contributed by atoms with Crippen molar-refractivity contribution in [2.45, 2.75) is 0 Å². The molecule has 0 amide bonds. The average molecular weight is 126 g/mol. The fraction of sp³-hybridized carbons (Fsp3) is 0.750. The van der Waals surface area contributed by atoms with Gasteiger partial charge in [0.15, 0.2) is 6.79 Å². The second kappa shape index (κ2) is 4.39. The average Bonchev–Trinajstić information content (AvgIpc) is 1.78. The zero-order valence-corrected chi connectivity index (χ0v) is 3.84. The van der Waals surface area contributed by atoms with E-state index in [1.165, 1.54) is 0 Å². The van der Waals surface area contributed by atoms with Crippen LogP contribution in [0, 0.1) is 0 Å². The van der Waals surface area contributed by atoms with E-state index >= 15 is 0 Å². The molecule has 0 unspecified atom stereocenters. The molecule has 0 aromatic rings. The molecule has 0 aromatic carbocycles. The van der Waals surface area contributed by atoms with Crippen LogP contribution < -0.4 is 0 Å². The van der Waals surface area contributed by atoms with Gasteiger partial charge in [0, 0.05) is 7.04 Å². The normalized spacial score (nSPS) is 22.5. The lowest BCUT2D eigenvalue weighted by atomic mass is 11.2. The van der Waals surface area contributed by atoms with Crippen molar-refractivity contribution in [3.8, 4) is 0 Å². The molecular formula is C4H8O4. The first-order valence-electron chi connectivity index (χ1n) is 4.60. The summed E-state index contributed by atoms with van der Waals surface area (Å²) in [5, 5.41) is 0. The van der Waals surface area contributed by atoms with Crippen molar-refractivity contribution in [1.82, 2.24) is 0 Å². The monoisotopic (exact) mass is 126 g/mol. The Bertz CT molecular complexity index is 195. The molecule has 0 spiro atoms. The second-order valence-electron chi connectivity index (χ2n) is 0.759. The molecular weight excluding hydrogens is 112 g/mol. The molecule has 0 aliphatic heterocycles. The first kappa shape index (κ1) is 1.88. The quantitative estimate of drug-likeness (QED) is 0.396. The molecule has 0 rings (SSSR count). The van der Waals surface area contributed by atoms with Crippen molar-refractivity contribution >= 4 is 6.16 Å². The number of hydrogen-bond donors (Lipinski definition) is 0. The molecule has 0 saturated heterocycles. The predicted octanol–water partition coefficient (Wildman–Crippen LogP) is 0.373. The molecule has 0 aliphatic carbocycles. The zero-order valence-electron chi connectivity index (χ0n) is 9.84. The Kier molecular flexibility index (Phi) is 1.03. The van der Waals surface area contributed by atoms with Gasteiger partial charge in [-0.1, -0.05) is 0 Å². The summed E-state index contributed by atoms with van der Waals surface area (Å²) < 4.78 is 50.7. The lowest BCUT2D eigenvalue weighted by molar-refractivity contribution is -0.0190. The number of hydrogen-bond acceptors (Lipinski definition) is 4. The fourth-order valence-corrected chi connectivity index (χ4v) is 0.107. The van der Waals surface area contributed by atoms with Crippen LogP contribution in [0.5, 0.6) is 0 Å². The molecule has 0 heterocycles. The summed E-state index contributed by atoms with van der Waals surface area (Å²) in [6.45, 7) is -0.897. The molecule has 0 aromatic heterocycles. The van der Waals surface area contributed by atoms with Gasteiger partial charge in [0.05, 0.1) is 15.3 Å². The molecule has 8 heavy (non-hydrogen) atoms. The predicted molar refractivity (Wildman–Crippen MR) is 25.4 cm³/mol. The molecule has 0 bridgehead atoms. The molecule has 0 N–H and O–H groups in total. The van der Waals surface area contributed by atoms with Gasteiger partial charge in [-0.2, -0.15) is 0 Å². The van der Waals surface area contributed by atoms with Crippen LogP contribution in [0.4, 0.5) is 4.79 Å². The van der Waals surface area contributed by atoms with Crippen molar-refractivity contribution in [1.29, 1.82) is 0 Å². The standard InChI is InChI=1S/C4H8O4/c1-6-3-8-4(5)7-2/h3H2,1-2H3/i1D3,2D3. The number of carbonyl (C=O) groups is 1. The number of ether oxygens (including phenoxy) is 3. The number of carbonyl (C=O) groups excluding carboxylic acids is 1. The zero-order chi connectivity index (χ0) is 11.4. The van der Waals surface area contributed by atoms with Gasteiger partial charge in [-0.25, -0.2) is 4.79 Å². The lowest BCUT2D eigenvalue weighted by Gasteiger charge is -1.98. The molecule has 4 nitrogen and oxygen atoms in total. The minimum absolute atomic E-state index is 0.897. The maximum Gasteiger partial charge on any atom is 0.510 e. The Morgan fingerprint density at radius 1 is 1.75 bits per heavy atom. The molecule has 0 fully saturated rings. The van der Waals surface area contributed by atoms with Gasteiger partial charge in [0.1, 0.15) is 0 Å². The van der Waals surface area contributed by atoms with E-state index in [2.05, 4.69) is 14.2 Å². The van der Waals surface area contributed by atoms with E-state index < -0.39 is 27.0 Å². The minimum atomic E-state index is -2.92. The Balaban J connectivity index is 3.66. The smallest absolute Gasteiger partial charge is 0.438 e. The van der Waals surface area contributed by atoms with Gasteiger partial charge < -0.3 is 14.2 Å². The third kappa shape index (κ3) is 3.42. The summed E-state index contributed by atoms with van der Waals surface area (Å²) in [6, 6.07) is 0. The summed E-state index contributed by atoms with van der Waals surface area (Å²) in [7, 11) is -5.63. The van der Waals surface area contributed by atoms with E-state index in [4.69, 9.17) is 8.22 Å². The van der Waals surface area contributed by atoms with Crippen molar-refractivity contribution in [2.75, 3.05) is 20.9 Å².